The maximum atomic E-state index is 11.2. The van der Waals surface area contributed by atoms with Crippen LogP contribution in [0.2, 0.25) is 0 Å². The summed E-state index contributed by atoms with van der Waals surface area (Å²) in [6, 6.07) is 0. The second-order valence-electron chi connectivity index (χ2n) is 2.52. The van der Waals surface area contributed by atoms with E-state index in [0.29, 0.717) is 0 Å². The summed E-state index contributed by atoms with van der Waals surface area (Å²) in [5.41, 5.74) is -0.146. The number of rotatable bonds is 4. The van der Waals surface area contributed by atoms with Crippen LogP contribution in [-0.4, -0.2) is 29.8 Å². The van der Waals surface area contributed by atoms with E-state index in [-0.39, 0.29) is 17.9 Å². The first-order valence-electron chi connectivity index (χ1n) is 4.30. The third kappa shape index (κ3) is 4.75. The van der Waals surface area contributed by atoms with Gasteiger partial charge in [0.05, 0.1) is 6.61 Å². The second kappa shape index (κ2) is 6.53. The molecule has 0 radical (unpaired) electrons. The molecule has 1 N–H and O–H groups in total. The van der Waals surface area contributed by atoms with E-state index in [4.69, 9.17) is 5.11 Å². The van der Waals surface area contributed by atoms with Gasteiger partial charge in [0.1, 0.15) is 11.3 Å². The van der Waals surface area contributed by atoms with Gasteiger partial charge >= 0.3 is 5.97 Å². The van der Waals surface area contributed by atoms with Crippen LogP contribution in [0.1, 0.15) is 13.8 Å². The molecule has 0 aliphatic carbocycles. The van der Waals surface area contributed by atoms with Crippen LogP contribution in [0.25, 0.3) is 0 Å². The average Bonchev–Trinajstić information content (AvgIpc) is 2.17. The molecule has 5 heteroatoms. The van der Waals surface area contributed by atoms with Crippen molar-refractivity contribution in [3.05, 3.63) is 24.0 Å². The Labute approximate surface area is 87.8 Å². The predicted octanol–water partition coefficient (Wildman–Crippen LogP) is 1.16. The summed E-state index contributed by atoms with van der Waals surface area (Å²) in [6.07, 6.45) is 1.95. The number of carbonyl (C=O) groups excluding carboxylic acids is 2. The Morgan fingerprint density at radius 2 is 2.13 bits per heavy atom. The van der Waals surface area contributed by atoms with Crippen LogP contribution < -0.4 is 0 Å². The van der Waals surface area contributed by atoms with Crippen LogP contribution >= 0.6 is 0 Å². The Morgan fingerprint density at radius 3 is 2.53 bits per heavy atom. The van der Waals surface area contributed by atoms with E-state index in [9.17, 15) is 9.59 Å². The molecule has 15 heavy (non-hydrogen) atoms. The molecule has 0 heterocycles. The van der Waals surface area contributed by atoms with Crippen LogP contribution in [-0.2, 0) is 14.3 Å². The summed E-state index contributed by atoms with van der Waals surface area (Å²) in [5.74, 6) is -1.58. The lowest BCUT2D eigenvalue weighted by Gasteiger charge is -2.02. The molecule has 0 bridgehead atoms. The number of esters is 1. The van der Waals surface area contributed by atoms with Gasteiger partial charge < -0.3 is 9.84 Å². The number of hydrogen-bond acceptors (Lipinski definition) is 4. The predicted molar refractivity (Wildman–Crippen MR) is 55.7 cm³/mol. The highest BCUT2D eigenvalue weighted by Crippen LogP contribution is 2.01. The highest BCUT2D eigenvalue weighted by Gasteiger charge is 2.11. The minimum Gasteiger partial charge on any atom is -0.512 e. The summed E-state index contributed by atoms with van der Waals surface area (Å²) >= 11 is 0. The lowest BCUT2D eigenvalue weighted by molar-refractivity contribution is -0.138. The molecule has 0 aromatic heterocycles. The van der Waals surface area contributed by atoms with Gasteiger partial charge in [-0.05, 0) is 19.9 Å². The number of hydrogen-bond donors (Lipinski definition) is 1. The van der Waals surface area contributed by atoms with E-state index in [2.05, 4.69) is 16.3 Å². The van der Waals surface area contributed by atoms with E-state index in [1.807, 2.05) is 0 Å². The van der Waals surface area contributed by atoms with Gasteiger partial charge in [0.25, 0.3) is 5.91 Å². The molecule has 0 aliphatic rings. The molecule has 0 saturated carbocycles. The Bertz CT molecular complexity index is 324. The first-order chi connectivity index (χ1) is 7.02. The zero-order chi connectivity index (χ0) is 11.8. The van der Waals surface area contributed by atoms with Crippen molar-refractivity contribution in [2.45, 2.75) is 13.8 Å². The van der Waals surface area contributed by atoms with Crippen molar-refractivity contribution in [1.82, 2.24) is 0 Å². The number of amides is 1. The zero-order valence-corrected chi connectivity index (χ0v) is 8.69. The summed E-state index contributed by atoms with van der Waals surface area (Å²) in [4.78, 5) is 25.3. The van der Waals surface area contributed by atoms with Crippen molar-refractivity contribution >= 4 is 18.1 Å². The topological polar surface area (TPSA) is 76.0 Å². The maximum Gasteiger partial charge on any atom is 0.343 e. The molecule has 1 amide bonds. The van der Waals surface area contributed by atoms with Crippen molar-refractivity contribution in [3.8, 4) is 0 Å². The average molecular weight is 211 g/mol. The van der Waals surface area contributed by atoms with Crippen LogP contribution in [0.3, 0.4) is 0 Å². The van der Waals surface area contributed by atoms with Gasteiger partial charge in [-0.2, -0.15) is 0 Å². The van der Waals surface area contributed by atoms with E-state index < -0.39 is 11.9 Å². The Hall–Kier alpha value is -1.91. The third-order valence-corrected chi connectivity index (χ3v) is 1.38. The lowest BCUT2D eigenvalue weighted by Crippen LogP contribution is -2.11. The Balaban J connectivity index is 4.80. The molecule has 0 unspecified atom stereocenters. The fraction of sp³-hybridized carbons (Fsp3) is 0.300. The number of nitrogens with zero attached hydrogens (tertiary/aromatic N) is 1. The van der Waals surface area contributed by atoms with Crippen molar-refractivity contribution in [2.75, 3.05) is 6.61 Å². The number of ether oxygens (including phenoxy) is 1. The standard InChI is InChI=1S/C10H13NO4/c1-4-9(13)11-6-8(7(3)12)10(14)15-5-2/h4,6,12H,1,5H2,2-3H3. The maximum absolute atomic E-state index is 11.2. The minimum atomic E-state index is -0.724. The van der Waals surface area contributed by atoms with Crippen molar-refractivity contribution in [2.24, 2.45) is 4.99 Å². The van der Waals surface area contributed by atoms with E-state index in [1.54, 1.807) is 6.92 Å². The van der Waals surface area contributed by atoms with Gasteiger partial charge in [0.15, 0.2) is 0 Å². The SMILES string of the molecule is C=CC(=O)N=CC(C(=O)OCC)=C(C)O. The fourth-order valence-corrected chi connectivity index (χ4v) is 0.684. The molecular weight excluding hydrogens is 198 g/mol. The molecule has 0 atom stereocenters. The fourth-order valence-electron chi connectivity index (χ4n) is 0.684. The molecular formula is C10H13NO4. The monoisotopic (exact) mass is 211 g/mol. The van der Waals surface area contributed by atoms with Gasteiger partial charge in [-0.15, -0.1) is 0 Å². The van der Waals surface area contributed by atoms with Crippen molar-refractivity contribution in [3.63, 3.8) is 0 Å². The van der Waals surface area contributed by atoms with E-state index in [1.165, 1.54) is 6.92 Å². The normalized spacial score (nSPS) is 12.1. The molecule has 0 rings (SSSR count). The quantitative estimate of drug-likeness (QED) is 0.327. The van der Waals surface area contributed by atoms with Gasteiger partial charge in [-0.3, -0.25) is 4.79 Å². The highest BCUT2D eigenvalue weighted by molar-refractivity contribution is 6.12. The van der Waals surface area contributed by atoms with Gasteiger partial charge in [-0.25, -0.2) is 9.79 Å². The molecule has 0 spiro atoms. The summed E-state index contributed by atoms with van der Waals surface area (Å²) in [7, 11) is 0. The number of allylic oxidation sites excluding steroid dienone is 1. The number of aliphatic hydroxyl groups excluding tert-OH is 1. The Morgan fingerprint density at radius 1 is 1.53 bits per heavy atom. The molecule has 5 nitrogen and oxygen atoms in total. The largest absolute Gasteiger partial charge is 0.512 e. The summed E-state index contributed by atoms with van der Waals surface area (Å²) < 4.78 is 4.65. The lowest BCUT2D eigenvalue weighted by atomic mass is 10.2. The first-order valence-corrected chi connectivity index (χ1v) is 4.30. The molecule has 82 valence electrons. The summed E-state index contributed by atoms with van der Waals surface area (Å²) in [5, 5.41) is 9.15. The molecule has 0 aliphatic heterocycles. The smallest absolute Gasteiger partial charge is 0.343 e. The van der Waals surface area contributed by atoms with Gasteiger partial charge in [0, 0.05) is 6.21 Å². The van der Waals surface area contributed by atoms with E-state index in [0.717, 1.165) is 12.3 Å². The van der Waals surface area contributed by atoms with Gasteiger partial charge in [0.2, 0.25) is 0 Å². The van der Waals surface area contributed by atoms with Crippen LogP contribution in [0, 0.1) is 0 Å². The number of carbonyl (C=O) groups is 2. The van der Waals surface area contributed by atoms with E-state index >= 15 is 0 Å². The second-order valence-corrected chi connectivity index (χ2v) is 2.52. The number of aliphatic hydroxyl groups is 1. The van der Waals surface area contributed by atoms with Crippen molar-refractivity contribution in [1.29, 1.82) is 0 Å². The molecule has 0 aromatic rings. The third-order valence-electron chi connectivity index (χ3n) is 1.38. The first kappa shape index (κ1) is 13.1. The molecule has 0 fully saturated rings. The Kier molecular flexibility index (Phi) is 5.70. The van der Waals surface area contributed by atoms with Crippen LogP contribution in [0.15, 0.2) is 29.0 Å². The van der Waals surface area contributed by atoms with Crippen LogP contribution in [0.5, 0.6) is 0 Å². The molecule has 0 saturated heterocycles. The zero-order valence-electron chi connectivity index (χ0n) is 8.69. The molecule has 0 aromatic carbocycles. The van der Waals surface area contributed by atoms with Gasteiger partial charge in [-0.1, -0.05) is 6.58 Å². The summed E-state index contributed by atoms with van der Waals surface area (Å²) in [6.45, 7) is 6.32. The minimum absolute atomic E-state index is 0.146. The highest BCUT2D eigenvalue weighted by atomic mass is 16.5. The number of aliphatic imine (C=N–C) groups is 1. The van der Waals surface area contributed by atoms with Crippen LogP contribution in [0.4, 0.5) is 0 Å². The van der Waals surface area contributed by atoms with Crippen molar-refractivity contribution < 1.29 is 19.4 Å².